The van der Waals surface area contributed by atoms with Crippen molar-refractivity contribution in [2.75, 3.05) is 5.32 Å². The Morgan fingerprint density at radius 1 is 1.30 bits per heavy atom. The summed E-state index contributed by atoms with van der Waals surface area (Å²) < 4.78 is 0.958. The van der Waals surface area contributed by atoms with E-state index < -0.39 is 4.92 Å². The summed E-state index contributed by atoms with van der Waals surface area (Å²) in [6.45, 7) is 1.92. The van der Waals surface area contributed by atoms with E-state index in [0.717, 1.165) is 10.0 Å². The third kappa shape index (κ3) is 4.64. The Labute approximate surface area is 146 Å². The molecule has 0 aromatic heterocycles. The summed E-state index contributed by atoms with van der Waals surface area (Å²) in [5.74, 6) is -0.329. The lowest BCUT2D eigenvalue weighted by Gasteiger charge is -2.04. The number of carbonyl (C=O) groups excluding carboxylic acids is 1. The minimum atomic E-state index is -0.565. The van der Waals surface area contributed by atoms with E-state index in [2.05, 4.69) is 21.2 Å². The molecule has 2 aromatic rings. The largest absolute Gasteiger partial charge is 0.323 e. The Morgan fingerprint density at radius 3 is 2.70 bits per heavy atom. The molecule has 1 N–H and O–H groups in total. The maximum Gasteiger partial charge on any atom is 0.288 e. The Hall–Kier alpha value is -2.18. The molecule has 23 heavy (non-hydrogen) atoms. The van der Waals surface area contributed by atoms with Crippen LogP contribution in [-0.4, -0.2) is 10.8 Å². The molecule has 0 bridgehead atoms. The van der Waals surface area contributed by atoms with Crippen LogP contribution in [0.2, 0.25) is 5.02 Å². The van der Waals surface area contributed by atoms with Crippen molar-refractivity contribution in [3.05, 3.63) is 73.2 Å². The number of amides is 1. The van der Waals surface area contributed by atoms with Gasteiger partial charge in [-0.3, -0.25) is 14.9 Å². The zero-order valence-electron chi connectivity index (χ0n) is 12.0. The molecule has 7 heteroatoms. The monoisotopic (exact) mass is 394 g/mol. The minimum absolute atomic E-state index is 0.0574. The van der Waals surface area contributed by atoms with Crippen molar-refractivity contribution in [3.63, 3.8) is 0 Å². The van der Waals surface area contributed by atoms with Gasteiger partial charge in [0.05, 0.1) is 4.92 Å². The molecular formula is C16H12BrClN2O3. The van der Waals surface area contributed by atoms with Crippen LogP contribution >= 0.6 is 27.5 Å². The van der Waals surface area contributed by atoms with Gasteiger partial charge in [0.15, 0.2) is 0 Å². The van der Waals surface area contributed by atoms with Crippen molar-refractivity contribution in [2.45, 2.75) is 6.92 Å². The van der Waals surface area contributed by atoms with Crippen molar-refractivity contribution >= 4 is 50.9 Å². The molecule has 0 saturated carbocycles. The van der Waals surface area contributed by atoms with Gasteiger partial charge >= 0.3 is 0 Å². The van der Waals surface area contributed by atoms with Crippen molar-refractivity contribution in [2.24, 2.45) is 0 Å². The Kier molecular flexibility index (Phi) is 5.52. The predicted octanol–water partition coefficient (Wildman–Crippen LogP) is 4.97. The molecule has 1 amide bonds. The molecule has 0 heterocycles. The van der Waals surface area contributed by atoms with Gasteiger partial charge in [-0.15, -0.1) is 0 Å². The first-order valence-corrected chi connectivity index (χ1v) is 7.73. The Morgan fingerprint density at radius 2 is 2.04 bits per heavy atom. The maximum atomic E-state index is 11.9. The number of hydrogen-bond acceptors (Lipinski definition) is 3. The van der Waals surface area contributed by atoms with E-state index in [1.54, 1.807) is 12.1 Å². The number of nitro groups is 1. The van der Waals surface area contributed by atoms with Crippen molar-refractivity contribution in [1.29, 1.82) is 0 Å². The Bertz CT molecular complexity index is 806. The number of anilines is 1. The van der Waals surface area contributed by atoms with Gasteiger partial charge in [-0.2, -0.15) is 0 Å². The van der Waals surface area contributed by atoms with Crippen LogP contribution in [0.15, 0.2) is 46.9 Å². The Balaban J connectivity index is 2.10. The molecular weight excluding hydrogens is 384 g/mol. The number of aryl methyl sites for hydroxylation is 1. The molecule has 0 aliphatic rings. The SMILES string of the molecule is Cc1cc(NC(=O)/C=C/c2ccc(Cl)c([N+](=O)[O-])c2)ccc1Br. The number of nitro benzene ring substituents is 1. The smallest absolute Gasteiger partial charge is 0.288 e. The topological polar surface area (TPSA) is 72.2 Å². The molecule has 0 aliphatic heterocycles. The van der Waals surface area contributed by atoms with Gasteiger partial charge < -0.3 is 5.32 Å². The van der Waals surface area contributed by atoms with E-state index in [1.807, 2.05) is 19.1 Å². The summed E-state index contributed by atoms with van der Waals surface area (Å²) in [6.07, 6.45) is 2.80. The van der Waals surface area contributed by atoms with Crippen LogP contribution in [0.5, 0.6) is 0 Å². The van der Waals surface area contributed by atoms with Gasteiger partial charge in [0.25, 0.3) is 5.69 Å². The van der Waals surface area contributed by atoms with E-state index in [1.165, 1.54) is 24.3 Å². The number of carbonyl (C=O) groups is 1. The van der Waals surface area contributed by atoms with Gasteiger partial charge in [0, 0.05) is 22.3 Å². The molecule has 118 valence electrons. The summed E-state index contributed by atoms with van der Waals surface area (Å²) in [5.41, 5.74) is 1.99. The second-order valence-corrected chi connectivity index (χ2v) is 6.02. The van der Waals surface area contributed by atoms with E-state index in [4.69, 9.17) is 11.6 Å². The average Bonchev–Trinajstić information content (AvgIpc) is 2.50. The number of nitrogens with zero attached hydrogens (tertiary/aromatic N) is 1. The third-order valence-corrected chi connectivity index (χ3v) is 4.23. The van der Waals surface area contributed by atoms with Crippen LogP contribution < -0.4 is 5.32 Å². The molecule has 0 aliphatic carbocycles. The van der Waals surface area contributed by atoms with E-state index in [0.29, 0.717) is 11.3 Å². The average molecular weight is 396 g/mol. The summed E-state index contributed by atoms with van der Waals surface area (Å²) in [5, 5.41) is 13.6. The van der Waals surface area contributed by atoms with Crippen LogP contribution in [0.1, 0.15) is 11.1 Å². The number of rotatable bonds is 4. The zero-order chi connectivity index (χ0) is 17.0. The number of nitrogens with one attached hydrogen (secondary N) is 1. The van der Waals surface area contributed by atoms with Crippen molar-refractivity contribution in [1.82, 2.24) is 0 Å². The zero-order valence-corrected chi connectivity index (χ0v) is 14.4. The van der Waals surface area contributed by atoms with Crippen LogP contribution in [0.25, 0.3) is 6.08 Å². The molecule has 2 aromatic carbocycles. The fourth-order valence-electron chi connectivity index (χ4n) is 1.85. The fraction of sp³-hybridized carbons (Fsp3) is 0.0625. The molecule has 0 unspecified atom stereocenters. The molecule has 0 radical (unpaired) electrons. The second-order valence-electron chi connectivity index (χ2n) is 4.75. The highest BCUT2D eigenvalue weighted by Crippen LogP contribution is 2.25. The number of benzene rings is 2. The molecule has 5 nitrogen and oxygen atoms in total. The predicted molar refractivity (Wildman–Crippen MR) is 94.6 cm³/mol. The van der Waals surface area contributed by atoms with Crippen LogP contribution in [0.4, 0.5) is 11.4 Å². The maximum absolute atomic E-state index is 11.9. The highest BCUT2D eigenvalue weighted by atomic mass is 79.9. The van der Waals surface area contributed by atoms with Gasteiger partial charge in [-0.05, 0) is 48.4 Å². The first-order valence-electron chi connectivity index (χ1n) is 6.56. The lowest BCUT2D eigenvalue weighted by molar-refractivity contribution is -0.384. The van der Waals surface area contributed by atoms with Crippen LogP contribution in [0.3, 0.4) is 0 Å². The molecule has 0 fully saturated rings. The van der Waals surface area contributed by atoms with Crippen LogP contribution in [-0.2, 0) is 4.79 Å². The molecule has 0 saturated heterocycles. The first-order chi connectivity index (χ1) is 10.9. The number of halogens is 2. The van der Waals surface area contributed by atoms with Crippen molar-refractivity contribution in [3.8, 4) is 0 Å². The quantitative estimate of drug-likeness (QED) is 0.451. The van der Waals surface area contributed by atoms with E-state index in [9.17, 15) is 14.9 Å². The van der Waals surface area contributed by atoms with Gasteiger partial charge in [0.1, 0.15) is 5.02 Å². The van der Waals surface area contributed by atoms with Gasteiger partial charge in [-0.25, -0.2) is 0 Å². The van der Waals surface area contributed by atoms with Crippen LogP contribution in [0, 0.1) is 17.0 Å². The fourth-order valence-corrected chi connectivity index (χ4v) is 2.28. The highest BCUT2D eigenvalue weighted by Gasteiger charge is 2.11. The van der Waals surface area contributed by atoms with Gasteiger partial charge in [-0.1, -0.05) is 33.6 Å². The third-order valence-electron chi connectivity index (χ3n) is 3.02. The normalized spacial score (nSPS) is 10.7. The molecule has 0 spiro atoms. The minimum Gasteiger partial charge on any atom is -0.323 e. The summed E-state index contributed by atoms with van der Waals surface area (Å²) >= 11 is 9.13. The summed E-state index contributed by atoms with van der Waals surface area (Å²) in [7, 11) is 0. The second kappa shape index (κ2) is 7.39. The molecule has 2 rings (SSSR count). The standard InChI is InChI=1S/C16H12BrClN2O3/c1-10-8-12(4-5-13(10)17)19-16(21)7-3-11-2-6-14(18)15(9-11)20(22)23/h2-9H,1H3,(H,19,21)/b7-3+. The van der Waals surface area contributed by atoms with Gasteiger partial charge in [0.2, 0.25) is 5.91 Å². The lowest BCUT2D eigenvalue weighted by atomic mass is 10.2. The van der Waals surface area contributed by atoms with Crippen molar-refractivity contribution < 1.29 is 9.72 Å². The highest BCUT2D eigenvalue weighted by molar-refractivity contribution is 9.10. The lowest BCUT2D eigenvalue weighted by Crippen LogP contribution is -2.07. The summed E-state index contributed by atoms with van der Waals surface area (Å²) in [6, 6.07) is 9.80. The molecule has 0 atom stereocenters. The van der Waals surface area contributed by atoms with E-state index >= 15 is 0 Å². The number of hydrogen-bond donors (Lipinski definition) is 1. The van der Waals surface area contributed by atoms with E-state index in [-0.39, 0.29) is 16.6 Å². The first kappa shape index (κ1) is 17.2. The summed E-state index contributed by atoms with van der Waals surface area (Å²) in [4.78, 5) is 22.2.